The van der Waals surface area contributed by atoms with Crippen molar-refractivity contribution >= 4 is 11.8 Å². The van der Waals surface area contributed by atoms with Crippen LogP contribution in [0.3, 0.4) is 0 Å². The molecule has 0 radical (unpaired) electrons. The Morgan fingerprint density at radius 2 is 2.00 bits per heavy atom. The molecule has 0 aromatic heterocycles. The molecule has 1 aliphatic rings. The van der Waals surface area contributed by atoms with E-state index >= 15 is 0 Å². The fourth-order valence-electron chi connectivity index (χ4n) is 1.89. The highest BCUT2D eigenvalue weighted by Crippen LogP contribution is 2.37. The van der Waals surface area contributed by atoms with E-state index in [0.29, 0.717) is 0 Å². The fourth-order valence-corrected chi connectivity index (χ4v) is 1.89. The molecule has 1 atom stereocenters. The van der Waals surface area contributed by atoms with Gasteiger partial charge in [0.15, 0.2) is 0 Å². The number of nitrogens with one attached hydrogen (secondary N) is 1. The summed E-state index contributed by atoms with van der Waals surface area (Å²) < 4.78 is 0. The molecule has 1 aliphatic carbocycles. The summed E-state index contributed by atoms with van der Waals surface area (Å²) in [6.07, 6.45) is 2.56. The van der Waals surface area contributed by atoms with Crippen LogP contribution < -0.4 is 11.1 Å². The molecule has 0 spiro atoms. The quantitative estimate of drug-likeness (QED) is 0.590. The van der Waals surface area contributed by atoms with Gasteiger partial charge in [0.05, 0.1) is 6.54 Å². The average molecular weight is 214 g/mol. The molecule has 2 amide bonds. The third-order valence-corrected chi connectivity index (χ3v) is 3.04. The highest BCUT2D eigenvalue weighted by molar-refractivity contribution is 5.84. The van der Waals surface area contributed by atoms with Gasteiger partial charge in [-0.2, -0.15) is 0 Å². The maximum Gasteiger partial charge on any atom is 0.248 e. The number of aliphatic hydroxyl groups is 1. The molecule has 0 aromatic carbocycles. The molecule has 1 unspecified atom stereocenters. The topological polar surface area (TPSA) is 92.4 Å². The molecular formula is C10H18N2O3. The molecule has 0 bridgehead atoms. The van der Waals surface area contributed by atoms with E-state index in [1.165, 1.54) is 0 Å². The number of rotatable bonds is 4. The van der Waals surface area contributed by atoms with E-state index in [1.54, 1.807) is 0 Å². The molecule has 0 aliphatic heterocycles. The number of amides is 2. The van der Waals surface area contributed by atoms with Crippen molar-refractivity contribution in [2.24, 2.45) is 11.1 Å². The number of carbonyl (C=O) groups is 2. The first-order chi connectivity index (χ1) is 6.96. The van der Waals surface area contributed by atoms with Crippen molar-refractivity contribution in [3.8, 4) is 0 Å². The normalized spacial score (nSPS) is 20.9. The number of aliphatic hydroxyl groups excluding tert-OH is 1. The molecule has 15 heavy (non-hydrogen) atoms. The highest BCUT2D eigenvalue weighted by atomic mass is 16.3. The maximum atomic E-state index is 11.7. The van der Waals surface area contributed by atoms with Crippen molar-refractivity contribution in [2.75, 3.05) is 6.54 Å². The van der Waals surface area contributed by atoms with Crippen molar-refractivity contribution in [1.82, 2.24) is 5.32 Å². The minimum atomic E-state index is -1.29. The van der Waals surface area contributed by atoms with Gasteiger partial charge in [0.2, 0.25) is 11.8 Å². The highest BCUT2D eigenvalue weighted by Gasteiger charge is 2.36. The molecule has 0 saturated heterocycles. The zero-order chi connectivity index (χ0) is 11.5. The van der Waals surface area contributed by atoms with E-state index in [-0.39, 0.29) is 17.9 Å². The average Bonchev–Trinajstić information content (AvgIpc) is 2.62. The van der Waals surface area contributed by atoms with E-state index in [4.69, 9.17) is 10.8 Å². The zero-order valence-corrected chi connectivity index (χ0v) is 8.95. The summed E-state index contributed by atoms with van der Waals surface area (Å²) in [7, 11) is 0. The number of nitrogens with two attached hydrogens (primary N) is 1. The van der Waals surface area contributed by atoms with E-state index in [1.807, 2.05) is 6.92 Å². The van der Waals surface area contributed by atoms with Gasteiger partial charge in [0.1, 0.15) is 6.10 Å². The van der Waals surface area contributed by atoms with Crippen molar-refractivity contribution in [3.05, 3.63) is 0 Å². The fraction of sp³-hybridized carbons (Fsp3) is 0.800. The van der Waals surface area contributed by atoms with Gasteiger partial charge in [-0.1, -0.05) is 19.8 Å². The standard InChI is InChI=1S/C10H18N2O3/c1-10(4-2-3-5-10)9(15)12-6-7(13)8(11)14/h7,13H,2-6H2,1H3,(H2,11,14)(H,12,15). The Morgan fingerprint density at radius 3 is 2.47 bits per heavy atom. The lowest BCUT2D eigenvalue weighted by molar-refractivity contribution is -0.131. The largest absolute Gasteiger partial charge is 0.381 e. The molecule has 1 fully saturated rings. The Balaban J connectivity index is 2.39. The lowest BCUT2D eigenvalue weighted by Gasteiger charge is -2.22. The molecule has 0 aromatic rings. The second-order valence-electron chi connectivity index (χ2n) is 4.40. The number of hydrogen-bond acceptors (Lipinski definition) is 3. The van der Waals surface area contributed by atoms with Crippen molar-refractivity contribution < 1.29 is 14.7 Å². The van der Waals surface area contributed by atoms with Crippen LogP contribution in [0, 0.1) is 5.41 Å². The molecule has 1 rings (SSSR count). The first kappa shape index (κ1) is 12.0. The zero-order valence-electron chi connectivity index (χ0n) is 8.95. The third-order valence-electron chi connectivity index (χ3n) is 3.04. The second-order valence-corrected chi connectivity index (χ2v) is 4.40. The molecule has 0 heterocycles. The molecule has 4 N–H and O–H groups in total. The van der Waals surface area contributed by atoms with Crippen LogP contribution in [0.2, 0.25) is 0 Å². The van der Waals surface area contributed by atoms with Crippen LogP contribution in [0.5, 0.6) is 0 Å². The minimum Gasteiger partial charge on any atom is -0.381 e. The van der Waals surface area contributed by atoms with Crippen LogP contribution in [0.4, 0.5) is 0 Å². The van der Waals surface area contributed by atoms with E-state index in [2.05, 4.69) is 5.32 Å². The predicted octanol–water partition coefficient (Wildman–Crippen LogP) is -0.471. The smallest absolute Gasteiger partial charge is 0.248 e. The Labute approximate surface area is 89.0 Å². The summed E-state index contributed by atoms with van der Waals surface area (Å²) >= 11 is 0. The maximum absolute atomic E-state index is 11.7. The van der Waals surface area contributed by atoms with Gasteiger partial charge >= 0.3 is 0 Å². The third kappa shape index (κ3) is 2.92. The lowest BCUT2D eigenvalue weighted by atomic mass is 9.88. The number of primary amides is 1. The number of carbonyl (C=O) groups excluding carboxylic acids is 2. The van der Waals surface area contributed by atoms with E-state index < -0.39 is 12.0 Å². The summed E-state index contributed by atoms with van der Waals surface area (Å²) in [4.78, 5) is 22.3. The monoisotopic (exact) mass is 214 g/mol. The Kier molecular flexibility index (Phi) is 3.68. The van der Waals surface area contributed by atoms with Crippen LogP contribution in [0.15, 0.2) is 0 Å². The predicted molar refractivity (Wildman–Crippen MR) is 54.8 cm³/mol. The van der Waals surface area contributed by atoms with Gasteiger partial charge in [0.25, 0.3) is 0 Å². The van der Waals surface area contributed by atoms with Gasteiger partial charge in [-0.25, -0.2) is 0 Å². The summed E-state index contributed by atoms with van der Waals surface area (Å²) in [5.41, 5.74) is 4.53. The molecule has 86 valence electrons. The Bertz CT molecular complexity index is 259. The van der Waals surface area contributed by atoms with Crippen LogP contribution in [0.1, 0.15) is 32.6 Å². The molecule has 1 saturated carbocycles. The first-order valence-electron chi connectivity index (χ1n) is 5.21. The summed E-state index contributed by atoms with van der Waals surface area (Å²) in [6, 6.07) is 0. The molecular weight excluding hydrogens is 196 g/mol. The van der Waals surface area contributed by atoms with Crippen molar-refractivity contribution in [1.29, 1.82) is 0 Å². The van der Waals surface area contributed by atoms with Crippen molar-refractivity contribution in [3.63, 3.8) is 0 Å². The van der Waals surface area contributed by atoms with E-state index in [9.17, 15) is 9.59 Å². The van der Waals surface area contributed by atoms with Crippen LogP contribution >= 0.6 is 0 Å². The van der Waals surface area contributed by atoms with Gasteiger partial charge < -0.3 is 16.2 Å². The molecule has 5 heteroatoms. The Hall–Kier alpha value is -1.10. The summed E-state index contributed by atoms with van der Waals surface area (Å²) in [6.45, 7) is 1.82. The van der Waals surface area contributed by atoms with Gasteiger partial charge in [-0.15, -0.1) is 0 Å². The Morgan fingerprint density at radius 1 is 1.47 bits per heavy atom. The summed E-state index contributed by atoms with van der Waals surface area (Å²) in [5, 5.41) is 11.7. The molecule has 5 nitrogen and oxygen atoms in total. The summed E-state index contributed by atoms with van der Waals surface area (Å²) in [5.74, 6) is -0.910. The SMILES string of the molecule is CC1(C(=O)NCC(O)C(N)=O)CCCC1. The van der Waals surface area contributed by atoms with Crippen LogP contribution in [-0.2, 0) is 9.59 Å². The second kappa shape index (κ2) is 4.61. The minimum absolute atomic E-state index is 0.0935. The first-order valence-corrected chi connectivity index (χ1v) is 5.21. The van der Waals surface area contributed by atoms with Crippen molar-refractivity contribution in [2.45, 2.75) is 38.7 Å². The lowest BCUT2D eigenvalue weighted by Crippen LogP contribution is -2.44. The van der Waals surface area contributed by atoms with E-state index in [0.717, 1.165) is 25.7 Å². The number of hydrogen-bond donors (Lipinski definition) is 3. The van der Waals surface area contributed by atoms with Gasteiger partial charge in [-0.05, 0) is 12.8 Å². The van der Waals surface area contributed by atoms with Gasteiger partial charge in [0, 0.05) is 5.41 Å². The van der Waals surface area contributed by atoms with Crippen LogP contribution in [0.25, 0.3) is 0 Å². The van der Waals surface area contributed by atoms with Crippen LogP contribution in [-0.4, -0.2) is 29.6 Å². The van der Waals surface area contributed by atoms with Gasteiger partial charge in [-0.3, -0.25) is 9.59 Å².